The normalized spacial score (nSPS) is 27.8. The lowest BCUT2D eigenvalue weighted by Crippen LogP contribution is -2.53. The molecule has 2 atom stereocenters. The molecule has 2 fully saturated rings. The Morgan fingerprint density at radius 1 is 1.35 bits per heavy atom. The number of nitrogens with zero attached hydrogens (tertiary/aromatic N) is 1. The lowest BCUT2D eigenvalue weighted by atomic mass is 10.0. The van der Waals surface area contributed by atoms with Gasteiger partial charge in [-0.3, -0.25) is 9.69 Å². The van der Waals surface area contributed by atoms with Crippen molar-refractivity contribution >= 4 is 5.91 Å². The van der Waals surface area contributed by atoms with Crippen LogP contribution in [-0.2, 0) is 4.79 Å². The predicted octanol–water partition coefficient (Wildman–Crippen LogP) is 0.727. The molecule has 1 saturated carbocycles. The van der Waals surface area contributed by atoms with Crippen LogP contribution in [0.4, 0.5) is 0 Å². The molecule has 1 saturated heterocycles. The smallest absolute Gasteiger partial charge is 0.237 e. The molecule has 98 valence electrons. The van der Waals surface area contributed by atoms with Gasteiger partial charge in [-0.05, 0) is 45.7 Å². The monoisotopic (exact) mass is 239 g/mol. The minimum Gasteiger partial charge on any atom is -0.352 e. The lowest BCUT2D eigenvalue weighted by molar-refractivity contribution is -0.126. The minimum atomic E-state index is 0.0251. The quantitative estimate of drug-likeness (QED) is 0.743. The average Bonchev–Trinajstić information content (AvgIpc) is 3.13. The molecule has 4 nitrogen and oxygen atoms in total. The van der Waals surface area contributed by atoms with Crippen LogP contribution in [0.1, 0.15) is 39.5 Å². The molecule has 0 aromatic heterocycles. The third-order valence-electron chi connectivity index (χ3n) is 3.80. The first-order chi connectivity index (χ1) is 8.20. The van der Waals surface area contributed by atoms with Gasteiger partial charge in [0.2, 0.25) is 5.91 Å². The van der Waals surface area contributed by atoms with Gasteiger partial charge < -0.3 is 10.6 Å². The van der Waals surface area contributed by atoms with E-state index in [9.17, 15) is 4.79 Å². The van der Waals surface area contributed by atoms with Crippen LogP contribution in [0, 0.1) is 0 Å². The molecule has 0 bridgehead atoms. The van der Waals surface area contributed by atoms with Crippen LogP contribution >= 0.6 is 0 Å². The molecule has 1 heterocycles. The molecule has 1 aliphatic carbocycles. The first-order valence-corrected chi connectivity index (χ1v) is 6.98. The second-order valence-electron chi connectivity index (χ2n) is 5.35. The summed E-state index contributed by atoms with van der Waals surface area (Å²) in [4.78, 5) is 14.3. The third-order valence-corrected chi connectivity index (χ3v) is 3.80. The highest BCUT2D eigenvalue weighted by molar-refractivity contribution is 5.81. The Kier molecular flexibility index (Phi) is 4.40. The van der Waals surface area contributed by atoms with Crippen molar-refractivity contribution in [2.75, 3.05) is 19.6 Å². The number of carbonyl (C=O) groups is 1. The van der Waals surface area contributed by atoms with Gasteiger partial charge in [0.1, 0.15) is 0 Å². The van der Waals surface area contributed by atoms with Gasteiger partial charge in [0, 0.05) is 18.6 Å². The second kappa shape index (κ2) is 5.83. The Bertz CT molecular complexity index is 263. The lowest BCUT2D eigenvalue weighted by Gasteiger charge is -2.36. The van der Waals surface area contributed by atoms with Gasteiger partial charge in [0.15, 0.2) is 0 Å². The highest BCUT2D eigenvalue weighted by Crippen LogP contribution is 2.20. The zero-order valence-electron chi connectivity index (χ0n) is 11.0. The van der Waals surface area contributed by atoms with Crippen LogP contribution in [-0.4, -0.2) is 48.6 Å². The van der Waals surface area contributed by atoms with Crippen molar-refractivity contribution in [2.24, 2.45) is 0 Å². The van der Waals surface area contributed by atoms with Crippen molar-refractivity contribution < 1.29 is 4.79 Å². The van der Waals surface area contributed by atoms with Gasteiger partial charge >= 0.3 is 0 Å². The first kappa shape index (κ1) is 12.8. The van der Waals surface area contributed by atoms with Crippen LogP contribution in [0.15, 0.2) is 0 Å². The number of amides is 1. The van der Waals surface area contributed by atoms with Crippen molar-refractivity contribution in [2.45, 2.75) is 57.7 Å². The standard InChI is InChI=1S/C13H25N3O/c1-3-14-12-5-4-8-16(9-12)10(2)13(17)15-11-6-7-11/h10-12,14H,3-9H2,1-2H3,(H,15,17). The minimum absolute atomic E-state index is 0.0251. The van der Waals surface area contributed by atoms with Crippen LogP contribution < -0.4 is 10.6 Å². The zero-order chi connectivity index (χ0) is 12.3. The number of rotatable bonds is 5. The predicted molar refractivity (Wildman–Crippen MR) is 68.9 cm³/mol. The highest BCUT2D eigenvalue weighted by Gasteiger charge is 2.30. The van der Waals surface area contributed by atoms with Crippen LogP contribution in [0.2, 0.25) is 0 Å². The molecular formula is C13H25N3O. The summed E-state index contributed by atoms with van der Waals surface area (Å²) in [5, 5.41) is 6.58. The Morgan fingerprint density at radius 2 is 2.12 bits per heavy atom. The summed E-state index contributed by atoms with van der Waals surface area (Å²) in [5.74, 6) is 0.213. The molecule has 2 rings (SSSR count). The SMILES string of the molecule is CCNC1CCCN(C(C)C(=O)NC2CC2)C1. The van der Waals surface area contributed by atoms with E-state index in [1.54, 1.807) is 0 Å². The first-order valence-electron chi connectivity index (χ1n) is 6.98. The van der Waals surface area contributed by atoms with E-state index < -0.39 is 0 Å². The van der Waals surface area contributed by atoms with Gasteiger partial charge in [-0.2, -0.15) is 0 Å². The summed E-state index contributed by atoms with van der Waals surface area (Å²) < 4.78 is 0. The fourth-order valence-corrected chi connectivity index (χ4v) is 2.53. The fourth-order valence-electron chi connectivity index (χ4n) is 2.53. The number of nitrogens with one attached hydrogen (secondary N) is 2. The number of likely N-dealkylation sites (tertiary alicyclic amines) is 1. The molecule has 0 aromatic rings. The van der Waals surface area contributed by atoms with E-state index in [1.807, 2.05) is 6.92 Å². The summed E-state index contributed by atoms with van der Waals surface area (Å²) in [5.41, 5.74) is 0. The van der Waals surface area contributed by atoms with Crippen LogP contribution in [0.3, 0.4) is 0 Å². The molecule has 1 aliphatic heterocycles. The summed E-state index contributed by atoms with van der Waals surface area (Å²) in [6.07, 6.45) is 4.76. The number of hydrogen-bond acceptors (Lipinski definition) is 3. The van der Waals surface area contributed by atoms with Crippen molar-refractivity contribution in [1.82, 2.24) is 15.5 Å². The zero-order valence-corrected chi connectivity index (χ0v) is 11.0. The second-order valence-corrected chi connectivity index (χ2v) is 5.35. The van der Waals surface area contributed by atoms with E-state index in [0.717, 1.165) is 19.6 Å². The van der Waals surface area contributed by atoms with E-state index in [-0.39, 0.29) is 11.9 Å². The maximum atomic E-state index is 12.0. The van der Waals surface area contributed by atoms with Crippen molar-refractivity contribution in [3.8, 4) is 0 Å². The molecule has 17 heavy (non-hydrogen) atoms. The fraction of sp³-hybridized carbons (Fsp3) is 0.923. The molecule has 0 radical (unpaired) electrons. The molecule has 2 aliphatic rings. The maximum Gasteiger partial charge on any atom is 0.237 e. The van der Waals surface area contributed by atoms with E-state index in [4.69, 9.17) is 0 Å². The van der Waals surface area contributed by atoms with Crippen LogP contribution in [0.25, 0.3) is 0 Å². The van der Waals surface area contributed by atoms with Crippen molar-refractivity contribution in [3.63, 3.8) is 0 Å². The Morgan fingerprint density at radius 3 is 2.76 bits per heavy atom. The summed E-state index contributed by atoms with van der Waals surface area (Å²) >= 11 is 0. The Hall–Kier alpha value is -0.610. The number of piperidine rings is 1. The van der Waals surface area contributed by atoms with Crippen LogP contribution in [0.5, 0.6) is 0 Å². The summed E-state index contributed by atoms with van der Waals surface area (Å²) in [7, 11) is 0. The van der Waals surface area contributed by atoms with E-state index in [2.05, 4.69) is 22.5 Å². The van der Waals surface area contributed by atoms with Gasteiger partial charge in [-0.1, -0.05) is 6.92 Å². The van der Waals surface area contributed by atoms with Gasteiger partial charge in [-0.25, -0.2) is 0 Å². The Labute approximate surface area is 104 Å². The molecule has 2 unspecified atom stereocenters. The molecule has 2 N–H and O–H groups in total. The molecule has 0 spiro atoms. The maximum absolute atomic E-state index is 12.0. The number of likely N-dealkylation sites (N-methyl/N-ethyl adjacent to an activating group) is 1. The van der Waals surface area contributed by atoms with Crippen molar-refractivity contribution in [1.29, 1.82) is 0 Å². The molecular weight excluding hydrogens is 214 g/mol. The van der Waals surface area contributed by atoms with Gasteiger partial charge in [0.25, 0.3) is 0 Å². The number of carbonyl (C=O) groups excluding carboxylic acids is 1. The highest BCUT2D eigenvalue weighted by atomic mass is 16.2. The topological polar surface area (TPSA) is 44.4 Å². The van der Waals surface area contributed by atoms with E-state index >= 15 is 0 Å². The van der Waals surface area contributed by atoms with Gasteiger partial charge in [0.05, 0.1) is 6.04 Å². The molecule has 0 aromatic carbocycles. The Balaban J connectivity index is 1.80. The van der Waals surface area contributed by atoms with Gasteiger partial charge in [-0.15, -0.1) is 0 Å². The molecule has 1 amide bonds. The largest absolute Gasteiger partial charge is 0.352 e. The average molecular weight is 239 g/mol. The van der Waals surface area contributed by atoms with Crippen molar-refractivity contribution in [3.05, 3.63) is 0 Å². The van der Waals surface area contributed by atoms with E-state index in [1.165, 1.54) is 25.7 Å². The summed E-state index contributed by atoms with van der Waals surface area (Å²) in [6.45, 7) is 7.25. The molecule has 4 heteroatoms. The third kappa shape index (κ3) is 3.68. The summed E-state index contributed by atoms with van der Waals surface area (Å²) in [6, 6.07) is 1.06. The van der Waals surface area contributed by atoms with E-state index in [0.29, 0.717) is 12.1 Å². The number of hydrogen-bond donors (Lipinski definition) is 2.